The summed E-state index contributed by atoms with van der Waals surface area (Å²) < 4.78 is 43.2. The molecule has 3 nitrogen and oxygen atoms in total. The van der Waals surface area contributed by atoms with Crippen LogP contribution in [-0.2, 0) is 12.8 Å². The van der Waals surface area contributed by atoms with Gasteiger partial charge in [-0.05, 0) is 108 Å². The van der Waals surface area contributed by atoms with Gasteiger partial charge in [-0.25, -0.2) is 13.6 Å². The number of benzene rings is 3. The van der Waals surface area contributed by atoms with Crippen molar-refractivity contribution < 1.29 is 23.1 Å². The van der Waals surface area contributed by atoms with Crippen LogP contribution in [0.5, 0.6) is 0 Å². The average molecular weight is 520 g/mol. The number of rotatable bonds is 8. The first-order chi connectivity index (χ1) is 18.3. The summed E-state index contributed by atoms with van der Waals surface area (Å²) in [6.45, 7) is 3.96. The normalized spacial score (nSPS) is 16.2. The highest BCUT2D eigenvalue weighted by molar-refractivity contribution is 6.00. The molecule has 0 unspecified atom stereocenters. The number of halogens is 3. The van der Waals surface area contributed by atoms with Gasteiger partial charge >= 0.3 is 5.97 Å². The summed E-state index contributed by atoms with van der Waals surface area (Å²) in [7, 11) is 0. The van der Waals surface area contributed by atoms with Crippen LogP contribution < -0.4 is 0 Å². The van der Waals surface area contributed by atoms with E-state index in [4.69, 9.17) is 0 Å². The summed E-state index contributed by atoms with van der Waals surface area (Å²) in [6, 6.07) is 15.5. The zero-order valence-corrected chi connectivity index (χ0v) is 21.6. The second-order valence-corrected chi connectivity index (χ2v) is 10.5. The lowest BCUT2D eigenvalue weighted by molar-refractivity contribution is 0.0696. The van der Waals surface area contributed by atoms with Crippen LogP contribution in [0, 0.1) is 24.5 Å². The van der Waals surface area contributed by atoms with Crippen molar-refractivity contribution >= 4 is 17.1 Å². The minimum Gasteiger partial charge on any atom is -0.478 e. The van der Waals surface area contributed by atoms with Gasteiger partial charge in [0.1, 0.15) is 11.6 Å². The van der Waals surface area contributed by atoms with Gasteiger partial charge < -0.3 is 10.0 Å². The van der Waals surface area contributed by atoms with E-state index in [0.29, 0.717) is 48.3 Å². The zero-order valence-electron chi connectivity index (χ0n) is 21.6. The number of fused-ring (bicyclic) bond motifs is 1. The molecule has 0 atom stereocenters. The molecule has 0 aromatic heterocycles. The highest BCUT2D eigenvalue weighted by Crippen LogP contribution is 2.41. The van der Waals surface area contributed by atoms with Crippen LogP contribution in [0.1, 0.15) is 63.0 Å². The summed E-state index contributed by atoms with van der Waals surface area (Å²) in [6.07, 6.45) is 3.12. The van der Waals surface area contributed by atoms with Gasteiger partial charge in [-0.3, -0.25) is 4.39 Å². The fourth-order valence-corrected chi connectivity index (χ4v) is 5.84. The molecule has 0 spiro atoms. The number of likely N-dealkylation sites (tertiary alicyclic amines) is 1. The molecule has 198 valence electrons. The van der Waals surface area contributed by atoms with E-state index >= 15 is 8.78 Å². The lowest BCUT2D eigenvalue weighted by Gasteiger charge is -2.39. The standard InChI is InChI=1S/C32H32F3NO2/c1-20-6-10-27(30(35)14-20)28-5-2-4-22-16-25(32(37)38)9-11-26(22)31(28)24-8-7-23(29(34)17-24)15-21-18-36(19-21)13-3-12-33/h6-11,14,16-17,21H,2-5,12-13,15,18-19H2,1H3,(H,37,38). The molecule has 0 radical (unpaired) electrons. The molecule has 1 fully saturated rings. The zero-order chi connectivity index (χ0) is 26.8. The first-order valence-corrected chi connectivity index (χ1v) is 13.3. The van der Waals surface area contributed by atoms with E-state index in [2.05, 4.69) is 4.90 Å². The SMILES string of the molecule is Cc1ccc(C2=C(c3ccc(CC4CN(CCCF)C4)c(F)c3)c3ccc(C(=O)O)cc3CCC2)c(F)c1. The van der Waals surface area contributed by atoms with Gasteiger partial charge in [0.15, 0.2) is 0 Å². The van der Waals surface area contributed by atoms with Gasteiger partial charge in [0.2, 0.25) is 0 Å². The number of aromatic carboxylic acids is 1. The Labute approximate surface area is 221 Å². The van der Waals surface area contributed by atoms with Crippen molar-refractivity contribution in [1.29, 1.82) is 0 Å². The predicted molar refractivity (Wildman–Crippen MR) is 144 cm³/mol. The largest absolute Gasteiger partial charge is 0.478 e. The van der Waals surface area contributed by atoms with E-state index < -0.39 is 5.97 Å². The van der Waals surface area contributed by atoms with E-state index in [1.54, 1.807) is 24.3 Å². The van der Waals surface area contributed by atoms with Crippen molar-refractivity contribution in [3.8, 4) is 0 Å². The van der Waals surface area contributed by atoms with Crippen molar-refractivity contribution in [2.24, 2.45) is 5.92 Å². The summed E-state index contributed by atoms with van der Waals surface area (Å²) >= 11 is 0. The molecule has 1 N–H and O–H groups in total. The number of carboxylic acid groups (broad SMARTS) is 1. The monoisotopic (exact) mass is 519 g/mol. The second kappa shape index (κ2) is 11.2. The van der Waals surface area contributed by atoms with Crippen molar-refractivity contribution in [3.05, 3.63) is 105 Å². The topological polar surface area (TPSA) is 40.5 Å². The Balaban J connectivity index is 1.55. The van der Waals surface area contributed by atoms with Gasteiger partial charge in [0.25, 0.3) is 0 Å². The maximum atomic E-state index is 15.5. The quantitative estimate of drug-likeness (QED) is 0.345. The summed E-state index contributed by atoms with van der Waals surface area (Å²) in [5, 5.41) is 9.52. The Kier molecular flexibility index (Phi) is 7.70. The molecule has 2 aliphatic rings. The van der Waals surface area contributed by atoms with Crippen LogP contribution in [0.2, 0.25) is 0 Å². The van der Waals surface area contributed by atoms with Crippen LogP contribution in [0.4, 0.5) is 13.2 Å². The molecule has 3 aromatic carbocycles. The van der Waals surface area contributed by atoms with E-state index in [0.717, 1.165) is 53.9 Å². The molecule has 1 aliphatic carbocycles. The highest BCUT2D eigenvalue weighted by Gasteiger charge is 2.28. The van der Waals surface area contributed by atoms with Crippen molar-refractivity contribution in [3.63, 3.8) is 0 Å². The number of alkyl halides is 1. The number of aryl methyl sites for hydroxylation is 2. The Morgan fingerprint density at radius 3 is 2.47 bits per heavy atom. The van der Waals surface area contributed by atoms with Gasteiger partial charge in [-0.1, -0.05) is 30.3 Å². The fourth-order valence-electron chi connectivity index (χ4n) is 5.84. The number of nitrogens with zero attached hydrogens (tertiary/aromatic N) is 1. The third-order valence-corrected chi connectivity index (χ3v) is 7.74. The van der Waals surface area contributed by atoms with E-state index in [9.17, 15) is 14.3 Å². The lowest BCUT2D eigenvalue weighted by Crippen LogP contribution is -2.48. The molecular formula is C32H32F3NO2. The van der Waals surface area contributed by atoms with Gasteiger partial charge in [-0.2, -0.15) is 0 Å². The minimum atomic E-state index is -0.998. The van der Waals surface area contributed by atoms with Crippen molar-refractivity contribution in [1.82, 2.24) is 4.90 Å². The summed E-state index contributed by atoms with van der Waals surface area (Å²) in [4.78, 5) is 13.8. The molecule has 1 heterocycles. The highest BCUT2D eigenvalue weighted by atomic mass is 19.1. The van der Waals surface area contributed by atoms with Gasteiger partial charge in [-0.15, -0.1) is 0 Å². The van der Waals surface area contributed by atoms with E-state index in [1.807, 2.05) is 25.1 Å². The number of carboxylic acids is 1. The van der Waals surface area contributed by atoms with Crippen molar-refractivity contribution in [2.45, 2.75) is 39.0 Å². The van der Waals surface area contributed by atoms with Gasteiger partial charge in [0.05, 0.1) is 12.2 Å². The Hall–Kier alpha value is -3.38. The molecule has 0 saturated carbocycles. The molecule has 0 amide bonds. The average Bonchev–Trinajstić information content (AvgIpc) is 3.05. The molecule has 1 saturated heterocycles. The first-order valence-electron chi connectivity index (χ1n) is 13.3. The molecule has 6 heteroatoms. The molecule has 0 bridgehead atoms. The minimum absolute atomic E-state index is 0.204. The van der Waals surface area contributed by atoms with Crippen LogP contribution in [0.15, 0.2) is 54.6 Å². The Bertz CT molecular complexity index is 1390. The summed E-state index contributed by atoms with van der Waals surface area (Å²) in [5.41, 5.74) is 6.06. The smallest absolute Gasteiger partial charge is 0.335 e. The van der Waals surface area contributed by atoms with Crippen molar-refractivity contribution in [2.75, 3.05) is 26.3 Å². The maximum Gasteiger partial charge on any atom is 0.335 e. The predicted octanol–water partition coefficient (Wildman–Crippen LogP) is 7.10. The van der Waals surface area contributed by atoms with E-state index in [-0.39, 0.29) is 23.9 Å². The van der Waals surface area contributed by atoms with Crippen LogP contribution in [-0.4, -0.2) is 42.3 Å². The maximum absolute atomic E-state index is 15.5. The van der Waals surface area contributed by atoms with E-state index in [1.165, 1.54) is 12.1 Å². The molecule has 38 heavy (non-hydrogen) atoms. The Morgan fingerprint density at radius 1 is 0.974 bits per heavy atom. The number of allylic oxidation sites excluding steroid dienone is 1. The van der Waals surface area contributed by atoms with Crippen LogP contribution in [0.25, 0.3) is 11.1 Å². The number of carbonyl (C=O) groups is 1. The third-order valence-electron chi connectivity index (χ3n) is 7.74. The molecule has 5 rings (SSSR count). The Morgan fingerprint density at radius 2 is 1.76 bits per heavy atom. The number of hydrogen-bond acceptors (Lipinski definition) is 2. The molecule has 1 aliphatic heterocycles. The first kappa shape index (κ1) is 26.2. The van der Waals surface area contributed by atoms with Crippen LogP contribution >= 0.6 is 0 Å². The van der Waals surface area contributed by atoms with Crippen LogP contribution in [0.3, 0.4) is 0 Å². The lowest BCUT2D eigenvalue weighted by atomic mass is 9.85. The second-order valence-electron chi connectivity index (χ2n) is 10.5. The molecular weight excluding hydrogens is 487 g/mol. The third kappa shape index (κ3) is 5.41. The molecule has 3 aromatic rings. The van der Waals surface area contributed by atoms with Gasteiger partial charge in [0, 0.05) is 25.2 Å². The fraction of sp³-hybridized carbons (Fsp3) is 0.344. The number of hydrogen-bond donors (Lipinski definition) is 1. The summed E-state index contributed by atoms with van der Waals surface area (Å²) in [5.74, 6) is -1.27.